The number of amides is 4. The number of piperidine rings is 1. The molecule has 1 aromatic carbocycles. The first kappa shape index (κ1) is 21.0. The molecule has 2 aliphatic heterocycles. The molecule has 3 N–H and O–H groups in total. The number of nitrogens with one attached hydrogen (secondary N) is 1. The fraction of sp³-hybridized carbons (Fsp3) is 0.571. The number of hydrogen-bond acceptors (Lipinski definition) is 4. The normalized spacial score (nSPS) is 18.6. The number of carbonyl (C=O) groups excluding carboxylic acids is 3. The SMILES string of the molecule is NC(=O)NCCCCCC(=O)N1C[C@@H](C(=O)N2CCCCC2)Oc2ccccc21. The van der Waals surface area contributed by atoms with Gasteiger partial charge in [0.05, 0.1) is 12.2 Å². The van der Waals surface area contributed by atoms with Crippen molar-refractivity contribution in [3.05, 3.63) is 24.3 Å². The molecule has 0 aliphatic carbocycles. The zero-order valence-electron chi connectivity index (χ0n) is 16.8. The van der Waals surface area contributed by atoms with Crippen LogP contribution in [0.2, 0.25) is 0 Å². The van der Waals surface area contributed by atoms with Crippen LogP contribution in [0.15, 0.2) is 24.3 Å². The van der Waals surface area contributed by atoms with E-state index in [0.717, 1.165) is 50.9 Å². The molecule has 2 heterocycles. The summed E-state index contributed by atoms with van der Waals surface area (Å²) in [6.07, 6.45) is 5.20. The summed E-state index contributed by atoms with van der Waals surface area (Å²) in [6.45, 7) is 2.27. The van der Waals surface area contributed by atoms with Crippen LogP contribution in [-0.2, 0) is 9.59 Å². The zero-order valence-corrected chi connectivity index (χ0v) is 16.8. The maximum absolute atomic E-state index is 12.9. The number of urea groups is 1. The Balaban J connectivity index is 1.59. The Kier molecular flexibility index (Phi) is 7.32. The highest BCUT2D eigenvalue weighted by atomic mass is 16.5. The third kappa shape index (κ3) is 5.62. The summed E-state index contributed by atoms with van der Waals surface area (Å²) < 4.78 is 5.97. The molecular weight excluding hydrogens is 372 g/mol. The minimum atomic E-state index is -0.660. The minimum absolute atomic E-state index is 0.0138. The van der Waals surface area contributed by atoms with Gasteiger partial charge in [-0.25, -0.2) is 4.79 Å². The maximum Gasteiger partial charge on any atom is 0.312 e. The average molecular weight is 402 g/mol. The summed E-state index contributed by atoms with van der Waals surface area (Å²) in [5.41, 5.74) is 5.75. The first-order valence-corrected chi connectivity index (χ1v) is 10.4. The van der Waals surface area contributed by atoms with Crippen molar-refractivity contribution < 1.29 is 19.1 Å². The second-order valence-corrected chi connectivity index (χ2v) is 7.57. The number of nitrogens with zero attached hydrogens (tertiary/aromatic N) is 2. The summed E-state index contributed by atoms with van der Waals surface area (Å²) in [5.74, 6) is 0.530. The quantitative estimate of drug-likeness (QED) is 0.681. The molecule has 1 saturated heterocycles. The molecule has 1 atom stereocenters. The van der Waals surface area contributed by atoms with Crippen LogP contribution in [0.3, 0.4) is 0 Å². The number of anilines is 1. The molecule has 0 spiro atoms. The first-order valence-electron chi connectivity index (χ1n) is 10.4. The number of fused-ring (bicyclic) bond motifs is 1. The number of ether oxygens (including phenoxy) is 1. The van der Waals surface area contributed by atoms with E-state index in [2.05, 4.69) is 5.32 Å². The van der Waals surface area contributed by atoms with Crippen LogP contribution >= 0.6 is 0 Å². The van der Waals surface area contributed by atoms with E-state index < -0.39 is 12.1 Å². The molecule has 0 aromatic heterocycles. The predicted octanol–water partition coefficient (Wildman–Crippen LogP) is 2.02. The highest BCUT2D eigenvalue weighted by Gasteiger charge is 2.35. The lowest BCUT2D eigenvalue weighted by molar-refractivity contribution is -0.139. The van der Waals surface area contributed by atoms with Crippen LogP contribution in [0.5, 0.6) is 5.75 Å². The van der Waals surface area contributed by atoms with Crippen LogP contribution in [0.1, 0.15) is 44.9 Å². The number of primary amides is 1. The lowest BCUT2D eigenvalue weighted by Gasteiger charge is -2.37. The zero-order chi connectivity index (χ0) is 20.6. The van der Waals surface area contributed by atoms with E-state index in [1.54, 1.807) is 11.0 Å². The van der Waals surface area contributed by atoms with E-state index in [-0.39, 0.29) is 18.4 Å². The van der Waals surface area contributed by atoms with Crippen LogP contribution < -0.4 is 20.7 Å². The number of benzene rings is 1. The van der Waals surface area contributed by atoms with Gasteiger partial charge in [0.15, 0.2) is 6.10 Å². The van der Waals surface area contributed by atoms with Crippen molar-refractivity contribution in [1.82, 2.24) is 10.2 Å². The van der Waals surface area contributed by atoms with Gasteiger partial charge in [0.25, 0.3) is 5.91 Å². The highest BCUT2D eigenvalue weighted by molar-refractivity contribution is 5.97. The van der Waals surface area contributed by atoms with Crippen LogP contribution in [0.4, 0.5) is 10.5 Å². The Labute approximate surface area is 171 Å². The van der Waals surface area contributed by atoms with Gasteiger partial charge in [-0.1, -0.05) is 18.6 Å². The standard InChI is InChI=1S/C21H30N4O4/c22-21(28)23-12-6-1-3-11-19(26)25-15-18(20(27)24-13-7-2-8-14-24)29-17-10-5-4-9-16(17)25/h4-5,9-10,18H,1-3,6-8,11-15H2,(H3,22,23,28)/t18-/m0/s1. The lowest BCUT2D eigenvalue weighted by atomic mass is 10.1. The van der Waals surface area contributed by atoms with Gasteiger partial charge in [-0.05, 0) is 44.2 Å². The number of unbranched alkanes of at least 4 members (excludes halogenated alkanes) is 2. The van der Waals surface area contributed by atoms with E-state index >= 15 is 0 Å². The fourth-order valence-electron chi connectivity index (χ4n) is 3.84. The number of hydrogen-bond donors (Lipinski definition) is 2. The largest absolute Gasteiger partial charge is 0.476 e. The first-order chi connectivity index (χ1) is 14.1. The van der Waals surface area contributed by atoms with Crippen molar-refractivity contribution in [3.63, 3.8) is 0 Å². The van der Waals surface area contributed by atoms with Gasteiger partial charge < -0.3 is 25.6 Å². The lowest BCUT2D eigenvalue weighted by Crippen LogP contribution is -2.52. The molecule has 3 rings (SSSR count). The van der Waals surface area contributed by atoms with E-state index in [0.29, 0.717) is 25.1 Å². The highest BCUT2D eigenvalue weighted by Crippen LogP contribution is 2.34. The van der Waals surface area contributed by atoms with Gasteiger partial charge in [0.1, 0.15) is 5.75 Å². The maximum atomic E-state index is 12.9. The second-order valence-electron chi connectivity index (χ2n) is 7.57. The molecule has 1 aromatic rings. The molecule has 0 saturated carbocycles. The molecule has 0 radical (unpaired) electrons. The molecule has 0 unspecified atom stereocenters. The van der Waals surface area contributed by atoms with Gasteiger partial charge >= 0.3 is 6.03 Å². The molecule has 0 bridgehead atoms. The van der Waals surface area contributed by atoms with E-state index in [1.165, 1.54) is 0 Å². The number of carbonyl (C=O) groups is 3. The Morgan fingerprint density at radius 3 is 2.59 bits per heavy atom. The van der Waals surface area contributed by atoms with E-state index in [9.17, 15) is 14.4 Å². The van der Waals surface area contributed by atoms with Crippen LogP contribution in [0, 0.1) is 0 Å². The van der Waals surface area contributed by atoms with E-state index in [4.69, 9.17) is 10.5 Å². The molecular formula is C21H30N4O4. The molecule has 4 amide bonds. The summed E-state index contributed by atoms with van der Waals surface area (Å²) in [4.78, 5) is 40.1. The van der Waals surface area contributed by atoms with Crippen molar-refractivity contribution in [3.8, 4) is 5.75 Å². The van der Waals surface area contributed by atoms with Gasteiger partial charge in [0, 0.05) is 26.1 Å². The average Bonchev–Trinajstić information content (AvgIpc) is 2.75. The Morgan fingerprint density at radius 1 is 1.07 bits per heavy atom. The van der Waals surface area contributed by atoms with Crippen LogP contribution in [0.25, 0.3) is 0 Å². The van der Waals surface area contributed by atoms with Crippen molar-refractivity contribution in [2.45, 2.75) is 51.0 Å². The predicted molar refractivity (Wildman–Crippen MR) is 110 cm³/mol. The van der Waals surface area contributed by atoms with Crippen LogP contribution in [-0.4, -0.2) is 55.0 Å². The Morgan fingerprint density at radius 2 is 1.83 bits per heavy atom. The topological polar surface area (TPSA) is 105 Å². The number of para-hydroxylation sites is 2. The van der Waals surface area contributed by atoms with Crippen molar-refractivity contribution >= 4 is 23.5 Å². The van der Waals surface area contributed by atoms with Crippen molar-refractivity contribution in [2.24, 2.45) is 5.73 Å². The fourth-order valence-corrected chi connectivity index (χ4v) is 3.84. The van der Waals surface area contributed by atoms with Gasteiger partial charge in [0.2, 0.25) is 5.91 Å². The van der Waals surface area contributed by atoms with Crippen molar-refractivity contribution in [2.75, 3.05) is 31.1 Å². The molecule has 29 heavy (non-hydrogen) atoms. The molecule has 8 nitrogen and oxygen atoms in total. The number of likely N-dealkylation sites (tertiary alicyclic amines) is 1. The summed E-state index contributed by atoms with van der Waals surface area (Å²) in [6, 6.07) is 6.84. The van der Waals surface area contributed by atoms with Gasteiger partial charge in [-0.2, -0.15) is 0 Å². The molecule has 2 aliphatic rings. The minimum Gasteiger partial charge on any atom is -0.476 e. The van der Waals surface area contributed by atoms with Crippen molar-refractivity contribution in [1.29, 1.82) is 0 Å². The summed E-state index contributed by atoms with van der Waals surface area (Å²) in [5, 5.41) is 2.54. The number of rotatable bonds is 7. The van der Waals surface area contributed by atoms with Gasteiger partial charge in [-0.3, -0.25) is 9.59 Å². The molecule has 1 fully saturated rings. The number of nitrogens with two attached hydrogens (primary N) is 1. The van der Waals surface area contributed by atoms with Gasteiger partial charge in [-0.15, -0.1) is 0 Å². The molecule has 158 valence electrons. The third-order valence-electron chi connectivity index (χ3n) is 5.38. The summed E-state index contributed by atoms with van der Waals surface area (Å²) >= 11 is 0. The summed E-state index contributed by atoms with van der Waals surface area (Å²) in [7, 11) is 0. The smallest absolute Gasteiger partial charge is 0.312 e. The Bertz CT molecular complexity index is 733. The third-order valence-corrected chi connectivity index (χ3v) is 5.38. The Hall–Kier alpha value is -2.77. The monoisotopic (exact) mass is 402 g/mol. The second kappa shape index (κ2) is 10.1. The van der Waals surface area contributed by atoms with E-state index in [1.807, 2.05) is 23.1 Å². The molecule has 8 heteroatoms.